The lowest BCUT2D eigenvalue weighted by atomic mass is 10.0. The first kappa shape index (κ1) is 19.7. The van der Waals surface area contributed by atoms with Crippen molar-refractivity contribution in [1.29, 1.82) is 0 Å². The zero-order valence-electron chi connectivity index (χ0n) is 14.3. The van der Waals surface area contributed by atoms with Gasteiger partial charge in [0.15, 0.2) is 0 Å². The van der Waals surface area contributed by atoms with Gasteiger partial charge in [0.05, 0.1) is 21.8 Å². The molecule has 0 spiro atoms. The molecular formula is C19H13N2O5S2-. The number of hydrogen-bond acceptors (Lipinski definition) is 7. The van der Waals surface area contributed by atoms with Gasteiger partial charge in [0, 0.05) is 12.1 Å². The highest BCUT2D eigenvalue weighted by Crippen LogP contribution is 2.34. The molecule has 1 aliphatic rings. The Hall–Kier alpha value is -3.04. The molecule has 3 rings (SSSR count). The maximum Gasteiger partial charge on any atom is 0.269 e. The van der Waals surface area contributed by atoms with E-state index in [1.807, 2.05) is 6.07 Å². The van der Waals surface area contributed by atoms with Crippen LogP contribution in [0.5, 0.6) is 0 Å². The number of nitro benzene ring substituents is 1. The Morgan fingerprint density at radius 2 is 1.82 bits per heavy atom. The monoisotopic (exact) mass is 413 g/mol. The molecule has 7 nitrogen and oxygen atoms in total. The number of nitrogens with zero attached hydrogens (tertiary/aromatic N) is 2. The number of carbonyl (C=O) groups excluding carboxylic acids is 2. The summed E-state index contributed by atoms with van der Waals surface area (Å²) in [7, 11) is 0. The van der Waals surface area contributed by atoms with E-state index >= 15 is 0 Å². The number of thioether (sulfide) groups is 1. The van der Waals surface area contributed by atoms with E-state index in [2.05, 4.69) is 0 Å². The zero-order chi connectivity index (χ0) is 20.3. The molecule has 0 bridgehead atoms. The van der Waals surface area contributed by atoms with Gasteiger partial charge in [-0.25, -0.2) is 0 Å². The second kappa shape index (κ2) is 8.32. The fourth-order valence-corrected chi connectivity index (χ4v) is 4.07. The second-order valence-corrected chi connectivity index (χ2v) is 7.60. The number of benzene rings is 2. The van der Waals surface area contributed by atoms with E-state index in [1.165, 1.54) is 30.3 Å². The van der Waals surface area contributed by atoms with Crippen molar-refractivity contribution in [1.82, 2.24) is 4.90 Å². The largest absolute Gasteiger partial charge is 0.548 e. The van der Waals surface area contributed by atoms with Crippen LogP contribution in [-0.2, 0) is 16.0 Å². The van der Waals surface area contributed by atoms with Gasteiger partial charge in [-0.15, -0.1) is 0 Å². The molecule has 2 aromatic rings. The number of carboxylic acids is 1. The van der Waals surface area contributed by atoms with Crippen LogP contribution in [-0.4, -0.2) is 32.1 Å². The quantitative estimate of drug-likeness (QED) is 0.309. The van der Waals surface area contributed by atoms with E-state index in [4.69, 9.17) is 12.2 Å². The number of nitro groups is 1. The minimum Gasteiger partial charge on any atom is -0.548 e. The maximum absolute atomic E-state index is 12.8. The molecule has 1 aliphatic heterocycles. The predicted molar refractivity (Wildman–Crippen MR) is 107 cm³/mol. The highest BCUT2D eigenvalue weighted by Gasteiger charge is 2.37. The summed E-state index contributed by atoms with van der Waals surface area (Å²) in [5.74, 6) is -1.92. The fourth-order valence-electron chi connectivity index (χ4n) is 2.71. The number of amides is 1. The second-order valence-electron chi connectivity index (χ2n) is 5.92. The molecule has 1 fully saturated rings. The van der Waals surface area contributed by atoms with E-state index in [9.17, 15) is 24.8 Å². The molecular weight excluding hydrogens is 400 g/mol. The first-order chi connectivity index (χ1) is 13.4. The SMILES string of the molecule is O=C([O-])[C@@H](Cc1ccccc1)N1C(=O)/C(=C/c2ccc([N+](=O)[O-])cc2)SC1=S. The summed E-state index contributed by atoms with van der Waals surface area (Å²) in [6.07, 6.45) is 1.60. The Labute approximate surface area is 169 Å². The summed E-state index contributed by atoms with van der Waals surface area (Å²) in [5.41, 5.74) is 1.24. The minimum absolute atomic E-state index is 0.0652. The van der Waals surface area contributed by atoms with Crippen molar-refractivity contribution < 1.29 is 19.6 Å². The Balaban J connectivity index is 1.85. The number of hydrogen-bond donors (Lipinski definition) is 0. The van der Waals surface area contributed by atoms with Crippen LogP contribution >= 0.6 is 24.0 Å². The number of carboxylic acid groups (broad SMARTS) is 1. The van der Waals surface area contributed by atoms with Crippen molar-refractivity contribution in [2.45, 2.75) is 12.5 Å². The van der Waals surface area contributed by atoms with Crippen LogP contribution in [0.25, 0.3) is 6.08 Å². The fraction of sp³-hybridized carbons (Fsp3) is 0.105. The molecule has 0 saturated carbocycles. The highest BCUT2D eigenvalue weighted by molar-refractivity contribution is 8.26. The van der Waals surface area contributed by atoms with Crippen molar-refractivity contribution in [2.24, 2.45) is 0 Å². The van der Waals surface area contributed by atoms with Gasteiger partial charge in [-0.2, -0.15) is 0 Å². The molecule has 0 N–H and O–H groups in total. The number of carbonyl (C=O) groups is 2. The van der Waals surface area contributed by atoms with Crippen LogP contribution in [0.2, 0.25) is 0 Å². The van der Waals surface area contributed by atoms with Crippen LogP contribution in [0, 0.1) is 10.1 Å². The summed E-state index contributed by atoms with van der Waals surface area (Å²) < 4.78 is 0.128. The molecule has 1 saturated heterocycles. The normalized spacial score (nSPS) is 16.4. The lowest BCUT2D eigenvalue weighted by Gasteiger charge is -2.27. The molecule has 9 heteroatoms. The van der Waals surface area contributed by atoms with Gasteiger partial charge < -0.3 is 9.90 Å². The molecule has 1 atom stereocenters. The third-order valence-electron chi connectivity index (χ3n) is 4.08. The van der Waals surface area contributed by atoms with E-state index in [-0.39, 0.29) is 21.3 Å². The van der Waals surface area contributed by atoms with Gasteiger partial charge in [0.25, 0.3) is 11.6 Å². The summed E-state index contributed by atoms with van der Waals surface area (Å²) >= 11 is 6.21. The average molecular weight is 413 g/mol. The number of rotatable bonds is 6. The van der Waals surface area contributed by atoms with Crippen molar-refractivity contribution in [3.8, 4) is 0 Å². The van der Waals surface area contributed by atoms with Crippen LogP contribution in [0.1, 0.15) is 11.1 Å². The maximum atomic E-state index is 12.8. The molecule has 0 radical (unpaired) electrons. The van der Waals surface area contributed by atoms with Crippen molar-refractivity contribution in [3.63, 3.8) is 0 Å². The predicted octanol–water partition coefficient (Wildman–Crippen LogP) is 2.16. The highest BCUT2D eigenvalue weighted by atomic mass is 32.2. The molecule has 0 aliphatic carbocycles. The topological polar surface area (TPSA) is 104 Å². The molecule has 142 valence electrons. The molecule has 1 heterocycles. The van der Waals surface area contributed by atoms with Crippen LogP contribution < -0.4 is 5.11 Å². The van der Waals surface area contributed by atoms with Crippen LogP contribution in [0.3, 0.4) is 0 Å². The Kier molecular flexibility index (Phi) is 5.86. The van der Waals surface area contributed by atoms with Gasteiger partial charge >= 0.3 is 0 Å². The van der Waals surface area contributed by atoms with Crippen LogP contribution in [0.4, 0.5) is 5.69 Å². The molecule has 0 aromatic heterocycles. The summed E-state index contributed by atoms with van der Waals surface area (Å²) in [6, 6.07) is 13.3. The van der Waals surface area contributed by atoms with Gasteiger partial charge in [0.1, 0.15) is 4.32 Å². The van der Waals surface area contributed by atoms with Gasteiger partial charge in [-0.1, -0.05) is 54.3 Å². The van der Waals surface area contributed by atoms with E-state index in [0.29, 0.717) is 5.56 Å². The zero-order valence-corrected chi connectivity index (χ0v) is 15.9. The lowest BCUT2D eigenvalue weighted by Crippen LogP contribution is -2.51. The van der Waals surface area contributed by atoms with E-state index < -0.39 is 22.8 Å². The molecule has 2 aromatic carbocycles. The lowest BCUT2D eigenvalue weighted by molar-refractivity contribution is -0.384. The van der Waals surface area contributed by atoms with E-state index in [0.717, 1.165) is 22.2 Å². The van der Waals surface area contributed by atoms with Crippen molar-refractivity contribution in [2.75, 3.05) is 0 Å². The Morgan fingerprint density at radius 1 is 1.18 bits per heavy atom. The Morgan fingerprint density at radius 3 is 2.39 bits per heavy atom. The summed E-state index contributed by atoms with van der Waals surface area (Å²) in [4.78, 5) is 36.0. The van der Waals surface area contributed by atoms with Gasteiger partial charge in [-0.05, 0) is 35.8 Å². The number of aliphatic carboxylic acids is 1. The smallest absolute Gasteiger partial charge is 0.269 e. The van der Waals surface area contributed by atoms with Crippen LogP contribution in [0.15, 0.2) is 59.5 Å². The summed E-state index contributed by atoms with van der Waals surface area (Å²) in [6.45, 7) is 0. The first-order valence-corrected chi connectivity index (χ1v) is 9.35. The standard InChI is InChI=1S/C19H14N2O5S2/c22-17-16(11-13-6-8-14(9-7-13)21(25)26)28-19(27)20(17)15(18(23)24)10-12-4-2-1-3-5-12/h1-9,11,15H,10H2,(H,23,24)/p-1/b16-11-/t15-/m1/s1. The molecule has 0 unspecified atom stereocenters. The number of thiocarbonyl (C=S) groups is 1. The molecule has 28 heavy (non-hydrogen) atoms. The van der Waals surface area contributed by atoms with Crippen molar-refractivity contribution in [3.05, 3.63) is 80.7 Å². The van der Waals surface area contributed by atoms with E-state index in [1.54, 1.807) is 24.3 Å². The summed E-state index contributed by atoms with van der Waals surface area (Å²) in [5, 5.41) is 22.4. The average Bonchev–Trinajstić information content (AvgIpc) is 2.94. The van der Waals surface area contributed by atoms with Crippen molar-refractivity contribution >= 4 is 51.9 Å². The number of non-ortho nitro benzene ring substituents is 1. The van der Waals surface area contributed by atoms with Gasteiger partial charge in [0.2, 0.25) is 0 Å². The molecule has 1 amide bonds. The minimum atomic E-state index is -1.39. The first-order valence-electron chi connectivity index (χ1n) is 8.13. The third kappa shape index (κ3) is 4.26. The Bertz CT molecular complexity index is 974. The van der Waals surface area contributed by atoms with Gasteiger partial charge in [-0.3, -0.25) is 19.8 Å². The third-order valence-corrected chi connectivity index (χ3v) is 5.41.